The van der Waals surface area contributed by atoms with E-state index in [1.54, 1.807) is 6.07 Å². The second-order valence-corrected chi connectivity index (χ2v) is 6.49. The van der Waals surface area contributed by atoms with Gasteiger partial charge >= 0.3 is 0 Å². The number of piperazine rings is 1. The summed E-state index contributed by atoms with van der Waals surface area (Å²) in [5.74, 6) is -0.450. The normalized spacial score (nSPS) is 14.1. The lowest BCUT2D eigenvalue weighted by molar-refractivity contribution is 0.391. The summed E-state index contributed by atoms with van der Waals surface area (Å²) in [6, 6.07) is 14.2. The number of halogens is 2. The van der Waals surface area contributed by atoms with Crippen LogP contribution in [0.2, 0.25) is 5.02 Å². The first-order valence-electron chi connectivity index (χ1n) is 7.83. The zero-order valence-electron chi connectivity index (χ0n) is 13.4. The maximum atomic E-state index is 13.2. The predicted octanol–water partition coefficient (Wildman–Crippen LogP) is 3.87. The molecule has 2 aromatic carbocycles. The van der Waals surface area contributed by atoms with Gasteiger partial charge in [-0.1, -0.05) is 11.6 Å². The lowest BCUT2D eigenvalue weighted by Crippen LogP contribution is -2.50. The quantitative estimate of drug-likeness (QED) is 0.808. The van der Waals surface area contributed by atoms with Crippen LogP contribution < -0.4 is 10.2 Å². The van der Waals surface area contributed by atoms with Crippen molar-refractivity contribution in [2.24, 2.45) is 0 Å². The minimum absolute atomic E-state index is 0.0680. The van der Waals surface area contributed by atoms with E-state index in [0.717, 1.165) is 31.9 Å². The van der Waals surface area contributed by atoms with E-state index in [9.17, 15) is 4.39 Å². The summed E-state index contributed by atoms with van der Waals surface area (Å²) in [7, 11) is 0. The van der Waals surface area contributed by atoms with Crippen LogP contribution in [-0.4, -0.2) is 36.2 Å². The van der Waals surface area contributed by atoms with Crippen LogP contribution in [0, 0.1) is 17.1 Å². The van der Waals surface area contributed by atoms with E-state index in [4.69, 9.17) is 29.1 Å². The maximum Gasteiger partial charge on any atom is 0.173 e. The summed E-state index contributed by atoms with van der Waals surface area (Å²) in [6.45, 7) is 3.22. The van der Waals surface area contributed by atoms with Crippen LogP contribution in [0.5, 0.6) is 0 Å². The molecule has 4 nitrogen and oxygen atoms in total. The van der Waals surface area contributed by atoms with Crippen LogP contribution in [0.3, 0.4) is 0 Å². The van der Waals surface area contributed by atoms with Crippen LogP contribution >= 0.6 is 23.8 Å². The number of hydrogen-bond acceptors (Lipinski definition) is 3. The summed E-state index contributed by atoms with van der Waals surface area (Å²) < 4.78 is 13.2. The van der Waals surface area contributed by atoms with E-state index >= 15 is 0 Å². The van der Waals surface area contributed by atoms with E-state index in [-0.39, 0.29) is 5.02 Å². The predicted molar refractivity (Wildman–Crippen MR) is 103 cm³/mol. The van der Waals surface area contributed by atoms with Crippen LogP contribution in [0.1, 0.15) is 5.56 Å². The molecule has 0 saturated carbocycles. The van der Waals surface area contributed by atoms with Gasteiger partial charge in [-0.3, -0.25) is 0 Å². The molecule has 0 bridgehead atoms. The molecule has 1 fully saturated rings. The van der Waals surface area contributed by atoms with Gasteiger partial charge in [0.2, 0.25) is 0 Å². The number of nitrogens with zero attached hydrogens (tertiary/aromatic N) is 3. The van der Waals surface area contributed by atoms with Gasteiger partial charge in [0, 0.05) is 37.6 Å². The van der Waals surface area contributed by atoms with E-state index in [1.807, 2.05) is 24.3 Å². The van der Waals surface area contributed by atoms with Crippen LogP contribution in [0.15, 0.2) is 42.5 Å². The molecule has 0 radical (unpaired) electrons. The summed E-state index contributed by atoms with van der Waals surface area (Å²) in [5, 5.41) is 12.6. The van der Waals surface area contributed by atoms with Crippen molar-refractivity contribution in [3.63, 3.8) is 0 Å². The molecule has 128 valence electrons. The molecule has 0 aliphatic carbocycles. The average Bonchev–Trinajstić information content (AvgIpc) is 2.65. The molecule has 0 amide bonds. The molecular weight excluding hydrogens is 359 g/mol. The minimum Gasteiger partial charge on any atom is -0.368 e. The van der Waals surface area contributed by atoms with Gasteiger partial charge in [0.15, 0.2) is 5.11 Å². The second-order valence-electron chi connectivity index (χ2n) is 5.69. The third-order valence-electron chi connectivity index (χ3n) is 4.10. The molecule has 1 heterocycles. The first-order chi connectivity index (χ1) is 12.1. The number of thiocarbonyl (C=S) groups is 1. The highest BCUT2D eigenvalue weighted by Crippen LogP contribution is 2.21. The van der Waals surface area contributed by atoms with Crippen molar-refractivity contribution in [1.29, 1.82) is 5.26 Å². The van der Waals surface area contributed by atoms with Crippen molar-refractivity contribution in [2.45, 2.75) is 0 Å². The zero-order chi connectivity index (χ0) is 17.8. The van der Waals surface area contributed by atoms with Crippen LogP contribution in [0.4, 0.5) is 15.8 Å². The van der Waals surface area contributed by atoms with Gasteiger partial charge in [0.25, 0.3) is 0 Å². The van der Waals surface area contributed by atoms with Crippen molar-refractivity contribution in [3.8, 4) is 6.07 Å². The number of hydrogen-bond donors (Lipinski definition) is 1. The van der Waals surface area contributed by atoms with Crippen molar-refractivity contribution >= 4 is 40.3 Å². The maximum absolute atomic E-state index is 13.2. The van der Waals surface area contributed by atoms with Gasteiger partial charge in [0.05, 0.1) is 16.7 Å². The third-order valence-corrected chi connectivity index (χ3v) is 4.75. The average molecular weight is 375 g/mol. The summed E-state index contributed by atoms with van der Waals surface area (Å²) in [5.41, 5.74) is 2.43. The van der Waals surface area contributed by atoms with E-state index < -0.39 is 5.82 Å². The van der Waals surface area contributed by atoms with Crippen molar-refractivity contribution in [1.82, 2.24) is 4.90 Å². The van der Waals surface area contributed by atoms with Gasteiger partial charge in [0.1, 0.15) is 5.82 Å². The van der Waals surface area contributed by atoms with E-state index in [2.05, 4.69) is 21.2 Å². The minimum atomic E-state index is -0.450. The van der Waals surface area contributed by atoms with Crippen molar-refractivity contribution in [2.75, 3.05) is 36.4 Å². The number of nitriles is 1. The number of nitrogens with one attached hydrogen (secondary N) is 1. The Kier molecular flexibility index (Phi) is 5.37. The summed E-state index contributed by atoms with van der Waals surface area (Å²) in [6.07, 6.45) is 0. The SMILES string of the molecule is N#Cc1ccc(N2CCN(C(=S)Nc3ccc(F)c(Cl)c3)CC2)cc1. The zero-order valence-corrected chi connectivity index (χ0v) is 14.9. The topological polar surface area (TPSA) is 42.3 Å². The molecule has 2 aromatic rings. The van der Waals surface area contributed by atoms with Gasteiger partial charge in [-0.2, -0.15) is 5.26 Å². The third kappa shape index (κ3) is 4.19. The molecule has 7 heteroatoms. The highest BCUT2D eigenvalue weighted by Gasteiger charge is 2.19. The molecule has 0 aromatic heterocycles. The molecule has 0 spiro atoms. The fourth-order valence-corrected chi connectivity index (χ4v) is 3.17. The van der Waals surface area contributed by atoms with Gasteiger partial charge in [-0.05, 0) is 54.7 Å². The fourth-order valence-electron chi connectivity index (χ4n) is 2.69. The van der Waals surface area contributed by atoms with Crippen LogP contribution in [0.25, 0.3) is 0 Å². The first kappa shape index (κ1) is 17.5. The van der Waals surface area contributed by atoms with Gasteiger partial charge in [-0.25, -0.2) is 4.39 Å². The Morgan fingerprint density at radius 3 is 2.40 bits per heavy atom. The Hall–Kier alpha value is -2.36. The van der Waals surface area contributed by atoms with Gasteiger partial charge in [-0.15, -0.1) is 0 Å². The van der Waals surface area contributed by atoms with Crippen LogP contribution in [-0.2, 0) is 0 Å². The van der Waals surface area contributed by atoms with Gasteiger partial charge < -0.3 is 15.1 Å². The molecule has 0 unspecified atom stereocenters. The summed E-state index contributed by atoms with van der Waals surface area (Å²) in [4.78, 5) is 4.34. The number of rotatable bonds is 2. The monoisotopic (exact) mass is 374 g/mol. The highest BCUT2D eigenvalue weighted by atomic mass is 35.5. The van der Waals surface area contributed by atoms with Crippen molar-refractivity contribution in [3.05, 3.63) is 58.9 Å². The Labute approximate surface area is 156 Å². The smallest absolute Gasteiger partial charge is 0.173 e. The van der Waals surface area contributed by atoms with Crippen molar-refractivity contribution < 1.29 is 4.39 Å². The largest absolute Gasteiger partial charge is 0.368 e. The number of benzene rings is 2. The Morgan fingerprint density at radius 1 is 1.12 bits per heavy atom. The molecule has 1 N–H and O–H groups in total. The molecule has 1 saturated heterocycles. The van der Waals surface area contributed by atoms with E-state index in [1.165, 1.54) is 12.1 Å². The Bertz CT molecular complexity index is 811. The molecular formula is C18H16ClFN4S. The Morgan fingerprint density at radius 2 is 1.80 bits per heavy atom. The standard InChI is InChI=1S/C18H16ClFN4S/c19-16-11-14(3-6-17(16)20)22-18(25)24-9-7-23(8-10-24)15-4-1-13(12-21)2-5-15/h1-6,11H,7-10H2,(H,22,25). The molecule has 3 rings (SSSR count). The lowest BCUT2D eigenvalue weighted by atomic mass is 10.2. The Balaban J connectivity index is 1.56. The second kappa shape index (κ2) is 7.68. The molecule has 25 heavy (non-hydrogen) atoms. The highest BCUT2D eigenvalue weighted by molar-refractivity contribution is 7.80. The first-order valence-corrected chi connectivity index (χ1v) is 8.61. The molecule has 1 aliphatic heterocycles. The molecule has 1 aliphatic rings. The van der Waals surface area contributed by atoms with E-state index in [0.29, 0.717) is 16.4 Å². The number of anilines is 2. The fraction of sp³-hybridized carbons (Fsp3) is 0.222. The summed E-state index contributed by atoms with van der Waals surface area (Å²) >= 11 is 11.2. The molecule has 0 atom stereocenters. The lowest BCUT2D eigenvalue weighted by Gasteiger charge is -2.37.